The minimum absolute atomic E-state index is 0.105. The SMILES string of the molecule is NC1=N[C@](CCCC(F)(F)F)(c2ccc(F)cc2)C(=O)N1Cc1ccc(C(F)(F)F)c(C(=O)N2CCN(c3cncnc3)CC2)c1. The topological polar surface area (TPSA) is 108 Å². The highest BCUT2D eigenvalue weighted by molar-refractivity contribution is 6.07. The Morgan fingerprint density at radius 2 is 1.59 bits per heavy atom. The smallest absolute Gasteiger partial charge is 0.369 e. The number of benzene rings is 2. The molecule has 0 aliphatic carbocycles. The van der Waals surface area contributed by atoms with Gasteiger partial charge < -0.3 is 15.5 Å². The van der Waals surface area contributed by atoms with Gasteiger partial charge in [0.2, 0.25) is 0 Å². The molecule has 2 aliphatic rings. The van der Waals surface area contributed by atoms with Crippen molar-refractivity contribution in [3.05, 3.63) is 89.3 Å². The first-order valence-corrected chi connectivity index (χ1v) is 14.2. The number of aliphatic imine (C=N–C) groups is 1. The van der Waals surface area contributed by atoms with Crippen molar-refractivity contribution in [2.75, 3.05) is 31.1 Å². The molecule has 16 heteroatoms. The van der Waals surface area contributed by atoms with Gasteiger partial charge in [-0.3, -0.25) is 14.5 Å². The molecule has 1 fully saturated rings. The second kappa shape index (κ2) is 12.6. The fraction of sp³-hybridized carbons (Fsp3) is 0.367. The number of carbonyl (C=O) groups excluding carboxylic acids is 2. The molecule has 0 saturated carbocycles. The number of guanidine groups is 1. The van der Waals surface area contributed by atoms with Crippen LogP contribution in [0.5, 0.6) is 0 Å². The number of nitrogens with two attached hydrogens (primary N) is 1. The van der Waals surface area contributed by atoms with Crippen molar-refractivity contribution >= 4 is 23.5 Å². The quantitative estimate of drug-likeness (QED) is 0.348. The highest BCUT2D eigenvalue weighted by Gasteiger charge is 2.49. The summed E-state index contributed by atoms with van der Waals surface area (Å²) in [7, 11) is 0. The lowest BCUT2D eigenvalue weighted by Crippen LogP contribution is -2.49. The molecule has 0 radical (unpaired) electrons. The number of nitrogens with zero attached hydrogens (tertiary/aromatic N) is 6. The number of alkyl halides is 6. The maximum atomic E-state index is 14.0. The predicted molar refractivity (Wildman–Crippen MR) is 152 cm³/mol. The van der Waals surface area contributed by atoms with Crippen LogP contribution in [0.4, 0.5) is 36.4 Å². The molecule has 2 aliphatic heterocycles. The van der Waals surface area contributed by atoms with Crippen molar-refractivity contribution in [3.8, 4) is 0 Å². The van der Waals surface area contributed by atoms with E-state index < -0.39 is 72.5 Å². The number of amides is 2. The van der Waals surface area contributed by atoms with E-state index in [4.69, 9.17) is 5.73 Å². The average molecular weight is 652 g/mol. The summed E-state index contributed by atoms with van der Waals surface area (Å²) in [5.74, 6) is -2.71. The molecule has 0 spiro atoms. The third-order valence-electron chi connectivity index (χ3n) is 7.94. The monoisotopic (exact) mass is 651 g/mol. The summed E-state index contributed by atoms with van der Waals surface area (Å²) in [5, 5.41) is 0. The molecule has 0 bridgehead atoms. The van der Waals surface area contributed by atoms with Gasteiger partial charge in [0.1, 0.15) is 12.1 Å². The molecule has 2 aromatic carbocycles. The van der Waals surface area contributed by atoms with Gasteiger partial charge in [-0.25, -0.2) is 19.4 Å². The number of aromatic nitrogens is 2. The largest absolute Gasteiger partial charge is 0.417 e. The molecule has 9 nitrogen and oxygen atoms in total. The maximum Gasteiger partial charge on any atom is 0.417 e. The van der Waals surface area contributed by atoms with Crippen LogP contribution in [0.1, 0.15) is 46.3 Å². The number of piperazine rings is 1. The summed E-state index contributed by atoms with van der Waals surface area (Å²) in [4.78, 5) is 43.6. The standard InChI is InChI=1S/C30H28F7N7O2/c31-21-5-3-20(4-6-21)28(8-1-9-29(32,33)34)26(46)44(27(38)41-28)17-19-2-7-24(30(35,36)37)23(14-19)25(45)43-12-10-42(11-13-43)22-15-39-18-40-16-22/h2-7,14-16,18H,1,8-13,17H2,(H2,38,41)/t28-/m1/s1. The Balaban J connectivity index is 1.40. The molecule has 5 rings (SSSR count). The van der Waals surface area contributed by atoms with Crippen LogP contribution in [0.15, 0.2) is 66.2 Å². The van der Waals surface area contributed by atoms with Gasteiger partial charge in [-0.2, -0.15) is 26.3 Å². The lowest BCUT2D eigenvalue weighted by atomic mass is 9.84. The first-order chi connectivity index (χ1) is 21.7. The van der Waals surface area contributed by atoms with Gasteiger partial charge in [-0.1, -0.05) is 18.2 Å². The van der Waals surface area contributed by atoms with Crippen LogP contribution in [-0.4, -0.2) is 69.9 Å². The Morgan fingerprint density at radius 3 is 2.20 bits per heavy atom. The van der Waals surface area contributed by atoms with Gasteiger partial charge >= 0.3 is 12.4 Å². The van der Waals surface area contributed by atoms with Crippen molar-refractivity contribution in [2.45, 2.75) is 43.7 Å². The number of carbonyl (C=O) groups is 2. The summed E-state index contributed by atoms with van der Waals surface area (Å²) in [6.45, 7) is 0.482. The van der Waals surface area contributed by atoms with Gasteiger partial charge in [-0.05, 0) is 48.2 Å². The fourth-order valence-corrected chi connectivity index (χ4v) is 5.64. The molecule has 0 unspecified atom stereocenters. The minimum Gasteiger partial charge on any atom is -0.369 e. The van der Waals surface area contributed by atoms with E-state index in [9.17, 15) is 40.3 Å². The summed E-state index contributed by atoms with van der Waals surface area (Å²) in [6, 6.07) is 7.37. The van der Waals surface area contributed by atoms with Crippen LogP contribution < -0.4 is 10.6 Å². The van der Waals surface area contributed by atoms with E-state index in [0.29, 0.717) is 18.8 Å². The van der Waals surface area contributed by atoms with Crippen LogP contribution in [-0.2, 0) is 23.1 Å². The minimum atomic E-state index is -4.87. The van der Waals surface area contributed by atoms with Crippen LogP contribution in [0, 0.1) is 5.82 Å². The molecule has 2 amide bonds. The Kier molecular flexibility index (Phi) is 8.91. The van der Waals surface area contributed by atoms with Gasteiger partial charge in [-0.15, -0.1) is 0 Å². The summed E-state index contributed by atoms with van der Waals surface area (Å²) in [5.41, 5.74) is 3.30. The number of hydrogen-bond donors (Lipinski definition) is 1. The van der Waals surface area contributed by atoms with E-state index in [0.717, 1.165) is 35.2 Å². The maximum absolute atomic E-state index is 14.0. The zero-order valence-electron chi connectivity index (χ0n) is 24.2. The van der Waals surface area contributed by atoms with E-state index in [1.54, 1.807) is 12.4 Å². The molecule has 3 heterocycles. The van der Waals surface area contributed by atoms with E-state index in [1.807, 2.05) is 4.90 Å². The van der Waals surface area contributed by atoms with Crippen molar-refractivity contribution in [1.82, 2.24) is 19.8 Å². The van der Waals surface area contributed by atoms with Crippen molar-refractivity contribution in [3.63, 3.8) is 0 Å². The fourth-order valence-electron chi connectivity index (χ4n) is 5.64. The zero-order chi connectivity index (χ0) is 33.3. The zero-order valence-corrected chi connectivity index (χ0v) is 24.2. The molecule has 46 heavy (non-hydrogen) atoms. The number of rotatable bonds is 8. The Bertz CT molecular complexity index is 1610. The van der Waals surface area contributed by atoms with Gasteiger partial charge in [0, 0.05) is 32.6 Å². The van der Waals surface area contributed by atoms with E-state index in [2.05, 4.69) is 15.0 Å². The highest BCUT2D eigenvalue weighted by Crippen LogP contribution is 2.40. The molecule has 1 atom stereocenters. The van der Waals surface area contributed by atoms with E-state index >= 15 is 0 Å². The lowest BCUT2D eigenvalue weighted by molar-refractivity contribution is -0.139. The van der Waals surface area contributed by atoms with Crippen LogP contribution in [0.2, 0.25) is 0 Å². The number of hydrogen-bond acceptors (Lipinski definition) is 7. The van der Waals surface area contributed by atoms with Crippen LogP contribution >= 0.6 is 0 Å². The second-order valence-electron chi connectivity index (χ2n) is 11.0. The summed E-state index contributed by atoms with van der Waals surface area (Å²) < 4.78 is 94.7. The van der Waals surface area contributed by atoms with Crippen LogP contribution in [0.25, 0.3) is 0 Å². The molecule has 1 saturated heterocycles. The van der Waals surface area contributed by atoms with Gasteiger partial charge in [0.15, 0.2) is 11.5 Å². The van der Waals surface area contributed by atoms with E-state index in [1.165, 1.54) is 23.4 Å². The van der Waals surface area contributed by atoms with E-state index in [-0.39, 0.29) is 30.2 Å². The molecule has 1 aromatic heterocycles. The average Bonchev–Trinajstić information content (AvgIpc) is 3.25. The molecule has 3 aromatic rings. The molecular weight excluding hydrogens is 623 g/mol. The third kappa shape index (κ3) is 6.89. The Labute approximate surface area is 258 Å². The molecular formula is C30H28F7N7O2. The Morgan fingerprint density at radius 1 is 0.935 bits per heavy atom. The molecule has 2 N–H and O–H groups in total. The van der Waals surface area contributed by atoms with Gasteiger partial charge in [0.05, 0.1) is 35.8 Å². The lowest BCUT2D eigenvalue weighted by Gasteiger charge is -2.36. The second-order valence-corrected chi connectivity index (χ2v) is 11.0. The highest BCUT2D eigenvalue weighted by atomic mass is 19.4. The third-order valence-corrected chi connectivity index (χ3v) is 7.94. The van der Waals surface area contributed by atoms with Gasteiger partial charge in [0.25, 0.3) is 11.8 Å². The number of anilines is 1. The summed E-state index contributed by atoms with van der Waals surface area (Å²) in [6.07, 6.45) is -6.96. The van der Waals surface area contributed by atoms with Crippen LogP contribution in [0.3, 0.4) is 0 Å². The predicted octanol–water partition coefficient (Wildman–Crippen LogP) is 4.88. The molecule has 244 valence electrons. The van der Waals surface area contributed by atoms with Crippen molar-refractivity contribution < 1.29 is 40.3 Å². The first kappa shape index (κ1) is 32.6. The first-order valence-electron chi connectivity index (χ1n) is 14.2. The van der Waals surface area contributed by atoms with Crippen molar-refractivity contribution in [1.29, 1.82) is 0 Å². The normalized spacial score (nSPS) is 19.1. The number of halogens is 7. The Hall–Kier alpha value is -4.76. The summed E-state index contributed by atoms with van der Waals surface area (Å²) >= 11 is 0. The van der Waals surface area contributed by atoms with Crippen molar-refractivity contribution in [2.24, 2.45) is 10.7 Å².